The van der Waals surface area contributed by atoms with Crippen molar-refractivity contribution in [1.82, 2.24) is 15.3 Å². The summed E-state index contributed by atoms with van der Waals surface area (Å²) >= 11 is 1.95. The first-order valence-electron chi connectivity index (χ1n) is 10.9. The Morgan fingerprint density at radius 1 is 1.13 bits per heavy atom. The van der Waals surface area contributed by atoms with Crippen LogP contribution in [0.3, 0.4) is 0 Å². The van der Waals surface area contributed by atoms with E-state index in [0.717, 1.165) is 62.0 Å². The summed E-state index contributed by atoms with van der Waals surface area (Å²) in [4.78, 5) is 9.55. The van der Waals surface area contributed by atoms with Crippen LogP contribution in [0.15, 0.2) is 47.7 Å². The monoisotopic (exact) mass is 422 g/mol. The highest BCUT2D eigenvalue weighted by molar-refractivity contribution is 8.07. The van der Waals surface area contributed by atoms with Crippen LogP contribution in [0.4, 0.5) is 11.4 Å². The third kappa shape index (κ3) is 3.88. The number of aromatic nitrogens is 1. The molecule has 1 aromatic heterocycles. The number of hydrogen-bond donors (Lipinski definition) is 2. The SMILES string of the molecule is CC(C)c1ccc(N2CCN(C3(N/N=C4/CCNc5cccnc54)CS3)CC2)cc1. The lowest BCUT2D eigenvalue weighted by Gasteiger charge is -2.39. The summed E-state index contributed by atoms with van der Waals surface area (Å²) in [6, 6.07) is 13.1. The fourth-order valence-electron chi connectivity index (χ4n) is 4.26. The molecule has 0 spiro atoms. The van der Waals surface area contributed by atoms with Crippen LogP contribution >= 0.6 is 11.8 Å². The van der Waals surface area contributed by atoms with Gasteiger partial charge in [-0.3, -0.25) is 15.3 Å². The molecule has 7 heteroatoms. The molecule has 2 aromatic rings. The number of hydrazone groups is 1. The van der Waals surface area contributed by atoms with Crippen molar-refractivity contribution in [2.24, 2.45) is 5.10 Å². The molecule has 3 aliphatic rings. The minimum atomic E-state index is -0.0413. The third-order valence-electron chi connectivity index (χ3n) is 6.26. The van der Waals surface area contributed by atoms with Gasteiger partial charge in [-0.1, -0.05) is 26.0 Å². The maximum absolute atomic E-state index is 4.83. The summed E-state index contributed by atoms with van der Waals surface area (Å²) in [6.45, 7) is 9.60. The molecule has 0 amide bonds. The van der Waals surface area contributed by atoms with Crippen LogP contribution < -0.4 is 15.6 Å². The zero-order valence-electron chi connectivity index (χ0n) is 17.8. The Kier molecular flexibility index (Phi) is 5.33. The number of fused-ring (bicyclic) bond motifs is 1. The van der Waals surface area contributed by atoms with Crippen LogP contribution in [-0.4, -0.2) is 59.1 Å². The fraction of sp³-hybridized carbons (Fsp3) is 0.478. The van der Waals surface area contributed by atoms with Crippen molar-refractivity contribution in [3.63, 3.8) is 0 Å². The molecule has 0 saturated carbocycles. The number of hydrogen-bond acceptors (Lipinski definition) is 7. The first kappa shape index (κ1) is 19.7. The molecule has 30 heavy (non-hydrogen) atoms. The smallest absolute Gasteiger partial charge is 0.164 e. The predicted octanol–water partition coefficient (Wildman–Crippen LogP) is 3.54. The molecule has 6 nitrogen and oxygen atoms in total. The van der Waals surface area contributed by atoms with Gasteiger partial charge in [0.15, 0.2) is 4.99 Å². The van der Waals surface area contributed by atoms with Gasteiger partial charge < -0.3 is 10.2 Å². The lowest BCUT2D eigenvalue weighted by Crippen LogP contribution is -2.55. The Bertz CT molecular complexity index is 914. The Labute approximate surface area is 183 Å². The number of nitrogens with zero attached hydrogens (tertiary/aromatic N) is 4. The number of pyridine rings is 1. The molecule has 3 aliphatic heterocycles. The number of rotatable bonds is 5. The maximum atomic E-state index is 4.83. The van der Waals surface area contributed by atoms with Gasteiger partial charge in [-0.2, -0.15) is 5.10 Å². The van der Waals surface area contributed by atoms with Gasteiger partial charge >= 0.3 is 0 Å². The second-order valence-corrected chi connectivity index (χ2v) is 9.79. The van der Waals surface area contributed by atoms with E-state index in [4.69, 9.17) is 5.10 Å². The van der Waals surface area contributed by atoms with Crippen LogP contribution in [0.1, 0.15) is 37.4 Å². The summed E-state index contributed by atoms with van der Waals surface area (Å²) in [6.07, 6.45) is 2.74. The van der Waals surface area contributed by atoms with Gasteiger partial charge in [0.25, 0.3) is 0 Å². The van der Waals surface area contributed by atoms with E-state index < -0.39 is 0 Å². The van der Waals surface area contributed by atoms with Crippen LogP contribution in [0, 0.1) is 0 Å². The molecule has 5 rings (SSSR count). The molecule has 2 fully saturated rings. The van der Waals surface area contributed by atoms with Crippen LogP contribution in [0.5, 0.6) is 0 Å². The summed E-state index contributed by atoms with van der Waals surface area (Å²) in [5, 5.41) is 8.23. The molecular formula is C23H30N6S. The summed E-state index contributed by atoms with van der Waals surface area (Å²) in [5.74, 6) is 1.66. The zero-order chi connectivity index (χ0) is 20.6. The van der Waals surface area contributed by atoms with E-state index in [2.05, 4.69) is 69.7 Å². The molecule has 4 heterocycles. The number of nitrogens with one attached hydrogen (secondary N) is 2. The molecule has 1 aromatic carbocycles. The molecule has 0 aliphatic carbocycles. The minimum Gasteiger partial charge on any atom is -0.383 e. The second-order valence-electron chi connectivity index (χ2n) is 8.54. The lowest BCUT2D eigenvalue weighted by molar-refractivity contribution is 0.168. The van der Waals surface area contributed by atoms with Gasteiger partial charge in [0.1, 0.15) is 5.69 Å². The summed E-state index contributed by atoms with van der Waals surface area (Å²) in [7, 11) is 0. The fourth-order valence-corrected chi connectivity index (χ4v) is 5.12. The third-order valence-corrected chi connectivity index (χ3v) is 7.44. The van der Waals surface area contributed by atoms with E-state index in [1.807, 2.05) is 24.0 Å². The topological polar surface area (TPSA) is 55.8 Å². The molecule has 0 radical (unpaired) electrons. The van der Waals surface area contributed by atoms with Crippen molar-refractivity contribution in [3.05, 3.63) is 53.9 Å². The Morgan fingerprint density at radius 3 is 2.60 bits per heavy atom. The Morgan fingerprint density at radius 2 is 1.90 bits per heavy atom. The molecule has 158 valence electrons. The highest BCUT2D eigenvalue weighted by Crippen LogP contribution is 2.45. The van der Waals surface area contributed by atoms with E-state index in [1.54, 1.807) is 0 Å². The van der Waals surface area contributed by atoms with Gasteiger partial charge in [0, 0.05) is 56.8 Å². The Hall–Kier alpha value is -2.25. The average Bonchev–Trinajstić information content (AvgIpc) is 3.59. The van der Waals surface area contributed by atoms with E-state index in [-0.39, 0.29) is 4.99 Å². The largest absolute Gasteiger partial charge is 0.383 e. The van der Waals surface area contributed by atoms with E-state index in [1.165, 1.54) is 11.3 Å². The summed E-state index contributed by atoms with van der Waals surface area (Å²) < 4.78 is 0. The molecule has 2 N–H and O–H groups in total. The van der Waals surface area contributed by atoms with Crippen LogP contribution in [0.2, 0.25) is 0 Å². The molecule has 0 bridgehead atoms. The standard InChI is InChI=1S/C23H30N6S/c1-17(2)18-5-7-19(8-6-18)28-12-14-29(15-13-28)23(16-30-23)27-26-21-9-11-24-20-4-3-10-25-22(20)21/h3-8,10,17,24,27H,9,11-16H2,1-2H3/b26-21-. The number of anilines is 2. The van der Waals surface area contributed by atoms with E-state index >= 15 is 0 Å². The van der Waals surface area contributed by atoms with Gasteiger partial charge in [0.05, 0.1) is 11.4 Å². The van der Waals surface area contributed by atoms with Crippen molar-refractivity contribution < 1.29 is 0 Å². The molecule has 2 saturated heterocycles. The molecular weight excluding hydrogens is 392 g/mol. The van der Waals surface area contributed by atoms with E-state index in [9.17, 15) is 0 Å². The first-order chi connectivity index (χ1) is 14.6. The quantitative estimate of drug-likeness (QED) is 0.568. The first-order valence-corrected chi connectivity index (χ1v) is 11.9. The van der Waals surface area contributed by atoms with Crippen molar-refractivity contribution in [2.45, 2.75) is 31.2 Å². The lowest BCUT2D eigenvalue weighted by atomic mass is 10.0. The average molecular weight is 423 g/mol. The van der Waals surface area contributed by atoms with Crippen LogP contribution in [-0.2, 0) is 0 Å². The van der Waals surface area contributed by atoms with Crippen molar-refractivity contribution in [3.8, 4) is 0 Å². The number of thioether (sulfide) groups is 1. The van der Waals surface area contributed by atoms with Gasteiger partial charge in [-0.05, 0) is 35.7 Å². The summed E-state index contributed by atoms with van der Waals surface area (Å²) in [5.41, 5.74) is 9.37. The zero-order valence-corrected chi connectivity index (χ0v) is 18.6. The number of benzene rings is 1. The second kappa shape index (κ2) is 8.12. The van der Waals surface area contributed by atoms with Gasteiger partial charge in [0.2, 0.25) is 0 Å². The van der Waals surface area contributed by atoms with Gasteiger partial charge in [-0.15, -0.1) is 11.8 Å². The number of piperazine rings is 1. The van der Waals surface area contributed by atoms with Crippen molar-refractivity contribution in [1.29, 1.82) is 0 Å². The highest BCUT2D eigenvalue weighted by Gasteiger charge is 2.50. The van der Waals surface area contributed by atoms with Crippen molar-refractivity contribution >= 4 is 28.8 Å². The molecule has 1 atom stereocenters. The predicted molar refractivity (Wildman–Crippen MR) is 127 cm³/mol. The van der Waals surface area contributed by atoms with Crippen LogP contribution in [0.25, 0.3) is 0 Å². The van der Waals surface area contributed by atoms with Crippen molar-refractivity contribution in [2.75, 3.05) is 48.7 Å². The van der Waals surface area contributed by atoms with E-state index in [0.29, 0.717) is 5.92 Å². The highest BCUT2D eigenvalue weighted by atomic mass is 32.2. The maximum Gasteiger partial charge on any atom is 0.164 e. The normalized spacial score (nSPS) is 25.2. The van der Waals surface area contributed by atoms with Gasteiger partial charge in [-0.25, -0.2) is 0 Å². The minimum absolute atomic E-state index is 0.0413. The Balaban J connectivity index is 1.21. The molecule has 1 unspecified atom stereocenters.